The Balaban J connectivity index is 2.02. The van der Waals surface area contributed by atoms with Crippen LogP contribution in [0.2, 0.25) is 0 Å². The lowest BCUT2D eigenvalue weighted by atomic mass is 10.0. The van der Waals surface area contributed by atoms with E-state index >= 15 is 0 Å². The first-order valence-corrected chi connectivity index (χ1v) is 7.36. The quantitative estimate of drug-likeness (QED) is 0.292. The van der Waals surface area contributed by atoms with Crippen LogP contribution in [0.3, 0.4) is 0 Å². The van der Waals surface area contributed by atoms with Crippen LogP contribution in [0.5, 0.6) is 0 Å². The lowest BCUT2D eigenvalue weighted by Crippen LogP contribution is -1.87. The molecular weight excluding hydrogens is 268 g/mol. The molecule has 0 unspecified atom stereocenters. The zero-order chi connectivity index (χ0) is 14.5. The van der Waals surface area contributed by atoms with Crippen molar-refractivity contribution < 1.29 is 0 Å². The molecule has 2 aromatic heterocycles. The molecular formula is C20H12N2. The van der Waals surface area contributed by atoms with E-state index in [2.05, 4.69) is 65.6 Å². The third-order valence-corrected chi connectivity index (χ3v) is 4.26. The smallest absolute Gasteiger partial charge is 0.0972 e. The van der Waals surface area contributed by atoms with Crippen LogP contribution in [-0.4, -0.2) is 9.97 Å². The minimum absolute atomic E-state index is 0.968. The molecule has 0 bridgehead atoms. The predicted molar refractivity (Wildman–Crippen MR) is 92.1 cm³/mol. The summed E-state index contributed by atoms with van der Waals surface area (Å²) in [4.78, 5) is 9.41. The van der Waals surface area contributed by atoms with Gasteiger partial charge in [0.2, 0.25) is 0 Å². The van der Waals surface area contributed by atoms with E-state index in [1.165, 1.54) is 16.2 Å². The van der Waals surface area contributed by atoms with Gasteiger partial charge in [0.25, 0.3) is 0 Å². The highest BCUT2D eigenvalue weighted by atomic mass is 14.7. The van der Waals surface area contributed by atoms with Crippen LogP contribution < -0.4 is 0 Å². The van der Waals surface area contributed by atoms with Gasteiger partial charge in [0.1, 0.15) is 0 Å². The van der Waals surface area contributed by atoms with E-state index in [9.17, 15) is 0 Å². The fourth-order valence-corrected chi connectivity index (χ4v) is 3.19. The fourth-order valence-electron chi connectivity index (χ4n) is 3.19. The fraction of sp³-hybridized carbons (Fsp3) is 0. The van der Waals surface area contributed by atoms with Crippen LogP contribution in [0.25, 0.3) is 43.5 Å². The molecule has 0 fully saturated rings. The maximum absolute atomic E-state index is 4.89. The Morgan fingerprint density at radius 1 is 0.591 bits per heavy atom. The Hall–Kier alpha value is -3.00. The number of hydrogen-bond acceptors (Lipinski definition) is 2. The first kappa shape index (κ1) is 11.6. The van der Waals surface area contributed by atoms with Gasteiger partial charge in [-0.25, -0.2) is 4.98 Å². The molecule has 0 aliphatic rings. The number of benzene rings is 3. The summed E-state index contributed by atoms with van der Waals surface area (Å²) in [6.45, 7) is 0. The standard InChI is InChI=1S/C20H12N2/c1-2-6-16-13(4-1)9-10-18-17(16)12-15-8-7-14-5-3-11-21-19(14)20(15)22-18/h1-12H. The Kier molecular flexibility index (Phi) is 2.25. The molecule has 0 aliphatic heterocycles. The van der Waals surface area contributed by atoms with Gasteiger partial charge in [-0.2, -0.15) is 0 Å². The van der Waals surface area contributed by atoms with E-state index in [4.69, 9.17) is 4.98 Å². The second kappa shape index (κ2) is 4.25. The summed E-state index contributed by atoms with van der Waals surface area (Å²) in [6, 6.07) is 23.2. The lowest BCUT2D eigenvalue weighted by Gasteiger charge is -2.07. The summed E-state index contributed by atoms with van der Waals surface area (Å²) in [5.41, 5.74) is 2.96. The van der Waals surface area contributed by atoms with Gasteiger partial charge in [-0.3, -0.25) is 4.98 Å². The SMILES string of the molecule is c1ccc2c(c1)ccc1nc3c(ccc4cccnc43)cc12. The molecule has 0 N–H and O–H groups in total. The van der Waals surface area contributed by atoms with Gasteiger partial charge in [0.05, 0.1) is 16.6 Å². The zero-order valence-corrected chi connectivity index (χ0v) is 11.8. The number of rotatable bonds is 0. The summed E-state index contributed by atoms with van der Waals surface area (Å²) in [5.74, 6) is 0. The molecule has 0 saturated heterocycles. The number of pyridine rings is 2. The highest BCUT2D eigenvalue weighted by molar-refractivity contribution is 6.13. The number of aromatic nitrogens is 2. The van der Waals surface area contributed by atoms with Crippen LogP contribution in [0.4, 0.5) is 0 Å². The molecule has 102 valence electrons. The minimum Gasteiger partial charge on any atom is -0.254 e. The van der Waals surface area contributed by atoms with Gasteiger partial charge in [-0.05, 0) is 29.0 Å². The van der Waals surface area contributed by atoms with Crippen LogP contribution in [-0.2, 0) is 0 Å². The molecule has 5 aromatic rings. The van der Waals surface area contributed by atoms with Crippen molar-refractivity contribution in [1.29, 1.82) is 0 Å². The summed E-state index contributed by atoms with van der Waals surface area (Å²) < 4.78 is 0. The van der Waals surface area contributed by atoms with E-state index in [1.54, 1.807) is 0 Å². The highest BCUT2D eigenvalue weighted by Gasteiger charge is 2.07. The van der Waals surface area contributed by atoms with Crippen LogP contribution >= 0.6 is 0 Å². The minimum atomic E-state index is 0.968. The Bertz CT molecular complexity index is 1080. The van der Waals surface area contributed by atoms with Crippen molar-refractivity contribution in [2.24, 2.45) is 0 Å². The molecule has 0 saturated carbocycles. The van der Waals surface area contributed by atoms with Crippen molar-refractivity contribution in [1.82, 2.24) is 9.97 Å². The summed E-state index contributed by atoms with van der Waals surface area (Å²) in [7, 11) is 0. The molecule has 0 aliphatic carbocycles. The van der Waals surface area contributed by atoms with Crippen molar-refractivity contribution in [3.8, 4) is 0 Å². The lowest BCUT2D eigenvalue weighted by molar-refractivity contribution is 1.40. The van der Waals surface area contributed by atoms with Crippen LogP contribution in [0.15, 0.2) is 72.9 Å². The molecule has 0 amide bonds. The molecule has 0 spiro atoms. The van der Waals surface area contributed by atoms with Gasteiger partial charge in [-0.15, -0.1) is 0 Å². The monoisotopic (exact) mass is 280 g/mol. The summed E-state index contributed by atoms with van der Waals surface area (Å²) >= 11 is 0. The Labute approximate surface area is 127 Å². The van der Waals surface area contributed by atoms with Crippen molar-refractivity contribution in [2.75, 3.05) is 0 Å². The van der Waals surface area contributed by atoms with Gasteiger partial charge in [0.15, 0.2) is 0 Å². The first-order valence-electron chi connectivity index (χ1n) is 7.36. The van der Waals surface area contributed by atoms with Gasteiger partial charge in [0, 0.05) is 22.4 Å². The van der Waals surface area contributed by atoms with Gasteiger partial charge >= 0.3 is 0 Å². The zero-order valence-electron chi connectivity index (χ0n) is 11.8. The number of hydrogen-bond donors (Lipinski definition) is 0. The topological polar surface area (TPSA) is 25.8 Å². The summed E-state index contributed by atoms with van der Waals surface area (Å²) in [5, 5.41) is 5.95. The van der Waals surface area contributed by atoms with Gasteiger partial charge in [-0.1, -0.05) is 48.5 Å². The Morgan fingerprint density at radius 2 is 1.41 bits per heavy atom. The molecule has 3 aromatic carbocycles. The molecule has 0 atom stereocenters. The van der Waals surface area contributed by atoms with Crippen molar-refractivity contribution >= 4 is 43.5 Å². The predicted octanol–water partition coefficient (Wildman–Crippen LogP) is 5.09. The molecule has 0 radical (unpaired) electrons. The maximum atomic E-state index is 4.89. The van der Waals surface area contributed by atoms with Crippen molar-refractivity contribution in [2.45, 2.75) is 0 Å². The molecule has 5 rings (SSSR count). The number of fused-ring (bicyclic) bond motifs is 6. The Morgan fingerprint density at radius 3 is 2.41 bits per heavy atom. The van der Waals surface area contributed by atoms with Crippen LogP contribution in [0.1, 0.15) is 0 Å². The normalized spacial score (nSPS) is 11.6. The van der Waals surface area contributed by atoms with Crippen molar-refractivity contribution in [3.05, 3.63) is 72.9 Å². The second-order valence-corrected chi connectivity index (χ2v) is 5.55. The van der Waals surface area contributed by atoms with Gasteiger partial charge < -0.3 is 0 Å². The maximum Gasteiger partial charge on any atom is 0.0972 e. The molecule has 22 heavy (non-hydrogen) atoms. The molecule has 2 heterocycles. The van der Waals surface area contributed by atoms with E-state index < -0.39 is 0 Å². The van der Waals surface area contributed by atoms with Crippen LogP contribution in [0, 0.1) is 0 Å². The van der Waals surface area contributed by atoms with E-state index in [0.717, 1.165) is 27.3 Å². The second-order valence-electron chi connectivity index (χ2n) is 5.55. The third-order valence-electron chi connectivity index (χ3n) is 4.26. The van der Waals surface area contributed by atoms with Crippen molar-refractivity contribution in [3.63, 3.8) is 0 Å². The van der Waals surface area contributed by atoms with E-state index in [1.807, 2.05) is 12.3 Å². The van der Waals surface area contributed by atoms with E-state index in [0.29, 0.717) is 0 Å². The van der Waals surface area contributed by atoms with E-state index in [-0.39, 0.29) is 0 Å². The average molecular weight is 280 g/mol. The third kappa shape index (κ3) is 1.55. The average Bonchev–Trinajstić information content (AvgIpc) is 2.60. The largest absolute Gasteiger partial charge is 0.254 e. The highest BCUT2D eigenvalue weighted by Crippen LogP contribution is 2.29. The summed E-state index contributed by atoms with van der Waals surface area (Å²) in [6.07, 6.45) is 1.83. The molecule has 2 heteroatoms. The number of nitrogens with zero attached hydrogens (tertiary/aromatic N) is 2. The first-order chi connectivity index (χ1) is 10.9. The molecule has 2 nitrogen and oxygen atoms in total.